The molecule has 0 unspecified atom stereocenters. The van der Waals surface area contributed by atoms with Crippen molar-refractivity contribution < 1.29 is 40.6 Å². The molecule has 0 aliphatic carbocycles. The van der Waals surface area contributed by atoms with Gasteiger partial charge in [0.15, 0.2) is 0 Å². The van der Waals surface area contributed by atoms with Gasteiger partial charge in [-0.3, -0.25) is 4.99 Å². The lowest BCUT2D eigenvalue weighted by Gasteiger charge is -2.30. The average molecular weight is 545 g/mol. The van der Waals surface area contributed by atoms with Gasteiger partial charge in [0.25, 0.3) is 0 Å². The predicted molar refractivity (Wildman–Crippen MR) is 107 cm³/mol. The second-order valence-corrected chi connectivity index (χ2v) is 8.29. The van der Waals surface area contributed by atoms with Gasteiger partial charge in [-0.15, -0.1) is 11.3 Å². The van der Waals surface area contributed by atoms with Gasteiger partial charge in [0.1, 0.15) is 15.7 Å². The summed E-state index contributed by atoms with van der Waals surface area (Å²) in [5.41, 5.74) is -8.60. The lowest BCUT2D eigenvalue weighted by Crippen LogP contribution is -2.50. The molecule has 16 heteroatoms. The Bertz CT molecular complexity index is 1080. The Balaban J connectivity index is 2.52. The standard InChI is InChI=1S/C16H7Cl3F7N3O2S/c17-7-1-5(14(20,15(21,22)23)16(24,25)26)2-8(18)11(7)28-4-9(29-27)10-3-6(13(30)31)12(19)32-10/h1-4H,27H2,(H,30,31). The number of halogens is 10. The first-order chi connectivity index (χ1) is 14.5. The molecule has 0 saturated heterocycles. The lowest BCUT2D eigenvalue weighted by molar-refractivity contribution is -0.348. The van der Waals surface area contributed by atoms with Gasteiger partial charge in [-0.2, -0.15) is 31.4 Å². The highest BCUT2D eigenvalue weighted by Gasteiger charge is 2.73. The number of hydrogen-bond donors (Lipinski definition) is 2. The molecule has 5 nitrogen and oxygen atoms in total. The smallest absolute Gasteiger partial charge is 0.435 e. The third-order valence-corrected chi connectivity index (χ3v) is 5.78. The Labute approximate surface area is 192 Å². The van der Waals surface area contributed by atoms with E-state index in [0.29, 0.717) is 0 Å². The predicted octanol–water partition coefficient (Wildman–Crippen LogP) is 6.76. The Kier molecular flexibility index (Phi) is 7.39. The van der Waals surface area contributed by atoms with Crippen molar-refractivity contribution >= 4 is 69.7 Å². The van der Waals surface area contributed by atoms with E-state index >= 15 is 0 Å². The molecule has 0 fully saturated rings. The SMILES string of the molecule is NN=C(C=Nc1c(Cl)cc(C(F)(C(F)(F)F)C(F)(F)F)cc1Cl)c1cc(C(=O)O)c(Cl)s1. The van der Waals surface area contributed by atoms with Gasteiger partial charge >= 0.3 is 24.0 Å². The number of aromatic carboxylic acids is 1. The zero-order valence-electron chi connectivity index (χ0n) is 14.8. The minimum atomic E-state index is -6.36. The largest absolute Gasteiger partial charge is 0.478 e. The molecule has 1 aromatic heterocycles. The Morgan fingerprint density at radius 2 is 1.50 bits per heavy atom. The van der Waals surface area contributed by atoms with Crippen molar-refractivity contribution in [1.82, 2.24) is 0 Å². The van der Waals surface area contributed by atoms with Crippen LogP contribution in [0.4, 0.5) is 36.4 Å². The van der Waals surface area contributed by atoms with Gasteiger partial charge in [0.2, 0.25) is 0 Å². The summed E-state index contributed by atoms with van der Waals surface area (Å²) in [5, 5.41) is 10.7. The van der Waals surface area contributed by atoms with Gasteiger partial charge in [-0.25, -0.2) is 9.18 Å². The summed E-state index contributed by atoms with van der Waals surface area (Å²) >= 11 is 18.0. The number of alkyl halides is 7. The second kappa shape index (κ2) is 9.04. The molecule has 1 heterocycles. The fourth-order valence-corrected chi connectivity index (χ4v) is 4.11. The molecular formula is C16H7Cl3F7N3O2S. The van der Waals surface area contributed by atoms with Crippen molar-refractivity contribution in [2.45, 2.75) is 18.0 Å². The van der Waals surface area contributed by atoms with E-state index in [1.54, 1.807) is 0 Å². The summed E-state index contributed by atoms with van der Waals surface area (Å²) < 4.78 is 91.7. The Morgan fingerprint density at radius 3 is 1.88 bits per heavy atom. The van der Waals surface area contributed by atoms with Gasteiger partial charge in [0, 0.05) is 5.56 Å². The number of carboxylic acid groups (broad SMARTS) is 1. The number of carboxylic acids is 1. The summed E-state index contributed by atoms with van der Waals surface area (Å²) in [6, 6.07) is 1.28. The van der Waals surface area contributed by atoms with E-state index in [-0.39, 0.29) is 32.6 Å². The molecule has 0 radical (unpaired) electrons. The zero-order valence-corrected chi connectivity index (χ0v) is 17.9. The monoisotopic (exact) mass is 543 g/mol. The van der Waals surface area contributed by atoms with Crippen molar-refractivity contribution in [2.75, 3.05) is 0 Å². The van der Waals surface area contributed by atoms with Crippen LogP contribution in [0, 0.1) is 0 Å². The molecule has 0 aliphatic heterocycles. The summed E-state index contributed by atoms with van der Waals surface area (Å²) in [5.74, 6) is 3.85. The van der Waals surface area contributed by atoms with Crippen molar-refractivity contribution in [3.8, 4) is 0 Å². The molecule has 0 aliphatic rings. The molecular weight excluding hydrogens is 538 g/mol. The number of nitrogens with two attached hydrogens (primary N) is 1. The van der Waals surface area contributed by atoms with Crippen LogP contribution in [0.1, 0.15) is 20.8 Å². The Hall–Kier alpha value is -2.09. The number of benzene rings is 1. The number of aliphatic imine (C=N–C) groups is 1. The molecule has 0 spiro atoms. The molecule has 32 heavy (non-hydrogen) atoms. The van der Waals surface area contributed by atoms with E-state index < -0.39 is 45.3 Å². The number of carbonyl (C=O) groups is 1. The van der Waals surface area contributed by atoms with E-state index in [9.17, 15) is 35.5 Å². The minimum absolute atomic E-state index is 0.0882. The molecule has 3 N–H and O–H groups in total. The number of hydrazone groups is 1. The fourth-order valence-electron chi connectivity index (χ4n) is 2.30. The van der Waals surface area contributed by atoms with Crippen LogP contribution in [0.2, 0.25) is 14.4 Å². The van der Waals surface area contributed by atoms with Crippen LogP contribution >= 0.6 is 46.1 Å². The maximum absolute atomic E-state index is 14.2. The number of thiophene rings is 1. The van der Waals surface area contributed by atoms with Crippen molar-refractivity contribution in [3.05, 3.63) is 48.6 Å². The normalized spacial score (nSPS) is 13.8. The zero-order chi connectivity index (χ0) is 24.6. The molecule has 1 aromatic carbocycles. The van der Waals surface area contributed by atoms with Gasteiger partial charge in [-0.1, -0.05) is 34.8 Å². The van der Waals surface area contributed by atoms with E-state index in [2.05, 4.69) is 10.1 Å². The summed E-state index contributed by atoms with van der Waals surface area (Å²) in [6.07, 6.45) is -11.9. The average Bonchev–Trinajstić information content (AvgIpc) is 3.03. The molecule has 2 aromatic rings. The van der Waals surface area contributed by atoms with E-state index in [1.807, 2.05) is 0 Å². The topological polar surface area (TPSA) is 88.0 Å². The van der Waals surface area contributed by atoms with Gasteiger partial charge in [-0.05, 0) is 18.2 Å². The van der Waals surface area contributed by atoms with Crippen LogP contribution in [0.15, 0.2) is 28.3 Å². The molecule has 0 amide bonds. The van der Waals surface area contributed by atoms with Crippen molar-refractivity contribution in [1.29, 1.82) is 0 Å². The first-order valence-electron chi connectivity index (χ1n) is 7.71. The molecule has 2 rings (SSSR count). The van der Waals surface area contributed by atoms with Crippen LogP contribution in [0.3, 0.4) is 0 Å². The van der Waals surface area contributed by atoms with Crippen LogP contribution in [0.25, 0.3) is 0 Å². The number of nitrogens with zero attached hydrogens (tertiary/aromatic N) is 2. The molecule has 0 bridgehead atoms. The van der Waals surface area contributed by atoms with Crippen LogP contribution in [-0.4, -0.2) is 35.4 Å². The lowest BCUT2D eigenvalue weighted by atomic mass is 9.94. The number of hydrogen-bond acceptors (Lipinski definition) is 5. The highest BCUT2D eigenvalue weighted by molar-refractivity contribution is 7.19. The molecule has 0 atom stereocenters. The van der Waals surface area contributed by atoms with Gasteiger partial charge < -0.3 is 10.9 Å². The van der Waals surface area contributed by atoms with Crippen molar-refractivity contribution in [3.63, 3.8) is 0 Å². The van der Waals surface area contributed by atoms with Crippen LogP contribution in [0.5, 0.6) is 0 Å². The minimum Gasteiger partial charge on any atom is -0.478 e. The van der Waals surface area contributed by atoms with E-state index in [1.165, 1.54) is 0 Å². The van der Waals surface area contributed by atoms with E-state index in [4.69, 9.17) is 45.8 Å². The van der Waals surface area contributed by atoms with Crippen LogP contribution < -0.4 is 5.84 Å². The third-order valence-electron chi connectivity index (χ3n) is 3.82. The first-order valence-corrected chi connectivity index (χ1v) is 9.66. The second-order valence-electron chi connectivity index (χ2n) is 5.82. The Morgan fingerprint density at radius 1 is 1.00 bits per heavy atom. The highest BCUT2D eigenvalue weighted by Crippen LogP contribution is 2.54. The first kappa shape index (κ1) is 26.2. The van der Waals surface area contributed by atoms with Crippen molar-refractivity contribution in [2.24, 2.45) is 15.9 Å². The molecule has 174 valence electrons. The third kappa shape index (κ3) is 4.80. The summed E-state index contributed by atoms with van der Waals surface area (Å²) in [4.78, 5) is 14.9. The molecule has 0 saturated carbocycles. The summed E-state index contributed by atoms with van der Waals surface area (Å²) in [6.45, 7) is 0. The van der Waals surface area contributed by atoms with E-state index in [0.717, 1.165) is 23.6 Å². The van der Waals surface area contributed by atoms with Crippen LogP contribution in [-0.2, 0) is 5.67 Å². The maximum Gasteiger partial charge on any atom is 0.435 e. The highest BCUT2D eigenvalue weighted by atomic mass is 35.5. The number of rotatable bonds is 5. The van der Waals surface area contributed by atoms with Gasteiger partial charge in [0.05, 0.1) is 26.7 Å². The quantitative estimate of drug-likeness (QED) is 0.189. The fraction of sp³-hybridized carbons (Fsp3) is 0.188. The maximum atomic E-state index is 14.2. The summed E-state index contributed by atoms with van der Waals surface area (Å²) in [7, 11) is 0.